The zero-order valence-corrected chi connectivity index (χ0v) is 15.1. The van der Waals surface area contributed by atoms with Crippen molar-refractivity contribution in [2.45, 2.75) is 17.6 Å². The van der Waals surface area contributed by atoms with E-state index in [1.807, 2.05) is 0 Å². The molecule has 0 aliphatic carbocycles. The lowest BCUT2D eigenvalue weighted by molar-refractivity contribution is -0.137. The zero-order chi connectivity index (χ0) is 19.7. The lowest BCUT2D eigenvalue weighted by Gasteiger charge is -2.12. The molecule has 2 heterocycles. The molecular weight excluding hydrogens is 405 g/mol. The van der Waals surface area contributed by atoms with Crippen molar-refractivity contribution in [1.29, 1.82) is 0 Å². The Bertz CT molecular complexity index is 1050. The molecule has 0 fully saturated rings. The maximum absolute atomic E-state index is 12.8. The van der Waals surface area contributed by atoms with Crippen LogP contribution in [0.15, 0.2) is 59.9 Å². The molecule has 0 aliphatic rings. The number of aromatic nitrogens is 3. The molecule has 6 nitrogen and oxygen atoms in total. The number of benzene rings is 1. The summed E-state index contributed by atoms with van der Waals surface area (Å²) in [7, 11) is -4.26. The Morgan fingerprint density at radius 3 is 2.59 bits per heavy atom. The normalized spacial score (nSPS) is 12.3. The van der Waals surface area contributed by atoms with Gasteiger partial charge in [-0.25, -0.2) is 22.8 Å². The molecular formula is C16H12ClF3N4O2S. The van der Waals surface area contributed by atoms with E-state index in [2.05, 4.69) is 14.8 Å². The summed E-state index contributed by atoms with van der Waals surface area (Å²) in [6, 6.07) is 7.01. The maximum Gasteiger partial charge on any atom is 0.416 e. The van der Waals surface area contributed by atoms with Crippen LogP contribution in [0.3, 0.4) is 0 Å². The molecule has 142 valence electrons. The van der Waals surface area contributed by atoms with Crippen LogP contribution < -0.4 is 4.72 Å². The number of alkyl halides is 3. The highest BCUT2D eigenvalue weighted by molar-refractivity contribution is 7.89. The van der Waals surface area contributed by atoms with E-state index < -0.39 is 26.7 Å². The second-order valence-corrected chi connectivity index (χ2v) is 7.58. The molecule has 0 saturated carbocycles. The van der Waals surface area contributed by atoms with Gasteiger partial charge in [-0.15, -0.1) is 0 Å². The van der Waals surface area contributed by atoms with Crippen LogP contribution in [0, 0.1) is 0 Å². The summed E-state index contributed by atoms with van der Waals surface area (Å²) < 4.78 is 67.1. The number of sulfonamides is 1. The largest absolute Gasteiger partial charge is 0.416 e. The summed E-state index contributed by atoms with van der Waals surface area (Å²) in [5.41, 5.74) is -0.556. The van der Waals surface area contributed by atoms with Crippen molar-refractivity contribution in [2.75, 3.05) is 0 Å². The topological polar surface area (TPSA) is 76.9 Å². The van der Waals surface area contributed by atoms with E-state index in [9.17, 15) is 21.6 Å². The molecule has 11 heteroatoms. The van der Waals surface area contributed by atoms with Crippen molar-refractivity contribution < 1.29 is 21.6 Å². The molecule has 0 radical (unpaired) electrons. The minimum absolute atomic E-state index is 0.161. The van der Waals surface area contributed by atoms with E-state index in [0.29, 0.717) is 17.4 Å². The second kappa shape index (κ2) is 7.29. The molecule has 3 rings (SSSR count). The molecule has 0 bridgehead atoms. The molecule has 0 aliphatic heterocycles. The predicted molar refractivity (Wildman–Crippen MR) is 91.8 cm³/mol. The fourth-order valence-corrected chi connectivity index (χ4v) is 3.78. The Kier molecular flexibility index (Phi) is 5.22. The number of pyridine rings is 1. The molecule has 0 saturated heterocycles. The Hall–Kier alpha value is -2.43. The monoisotopic (exact) mass is 416 g/mol. The van der Waals surface area contributed by atoms with E-state index in [-0.39, 0.29) is 11.6 Å². The smallest absolute Gasteiger partial charge is 0.237 e. The summed E-state index contributed by atoms with van der Waals surface area (Å²) in [6.45, 7) is -0.161. The van der Waals surface area contributed by atoms with Gasteiger partial charge in [-0.3, -0.25) is 0 Å². The second-order valence-electron chi connectivity index (χ2n) is 5.44. The number of rotatable bonds is 5. The number of halogens is 4. The van der Waals surface area contributed by atoms with E-state index in [0.717, 1.165) is 12.1 Å². The molecule has 3 aromatic rings. The Labute approximate surface area is 157 Å². The first-order valence-corrected chi connectivity index (χ1v) is 9.34. The summed E-state index contributed by atoms with van der Waals surface area (Å²) in [4.78, 5) is 3.48. The Morgan fingerprint density at radius 1 is 1.15 bits per heavy atom. The van der Waals surface area contributed by atoms with Crippen LogP contribution in [-0.4, -0.2) is 23.2 Å². The molecule has 0 amide bonds. The van der Waals surface area contributed by atoms with Crippen LogP contribution >= 0.6 is 11.6 Å². The third kappa shape index (κ3) is 4.46. The van der Waals surface area contributed by atoms with Crippen LogP contribution in [0.5, 0.6) is 0 Å². The zero-order valence-electron chi connectivity index (χ0n) is 13.5. The van der Waals surface area contributed by atoms with Gasteiger partial charge in [0, 0.05) is 25.1 Å². The summed E-state index contributed by atoms with van der Waals surface area (Å²) in [6.07, 6.45) is 0.0158. The number of hydrogen-bond donors (Lipinski definition) is 1. The minimum Gasteiger partial charge on any atom is -0.237 e. The average molecular weight is 417 g/mol. The lowest BCUT2D eigenvalue weighted by Crippen LogP contribution is -2.24. The van der Waals surface area contributed by atoms with Crippen LogP contribution in [-0.2, 0) is 22.7 Å². The molecule has 1 aromatic carbocycles. The van der Waals surface area contributed by atoms with Crippen LogP contribution in [0.1, 0.15) is 11.1 Å². The minimum atomic E-state index is -4.68. The highest BCUT2D eigenvalue weighted by Crippen LogP contribution is 2.33. The van der Waals surface area contributed by atoms with E-state index in [4.69, 9.17) is 11.6 Å². The standard InChI is InChI=1S/C16H12ClF3N4O2S/c17-13-3-2-12(16(18,19)20)9-14(13)27(25,26)23-10-11-4-6-21-15(8-11)24-7-1-5-22-24/h1-9,23H,10H2. The number of hydrogen-bond acceptors (Lipinski definition) is 4. The predicted octanol–water partition coefficient (Wildman–Crippen LogP) is 3.42. The first-order chi connectivity index (χ1) is 12.7. The molecule has 0 spiro atoms. The van der Waals surface area contributed by atoms with E-state index >= 15 is 0 Å². The van der Waals surface area contributed by atoms with Gasteiger partial charge in [0.1, 0.15) is 4.90 Å². The van der Waals surface area contributed by atoms with Crippen molar-refractivity contribution in [3.8, 4) is 5.82 Å². The van der Waals surface area contributed by atoms with Gasteiger partial charge in [0.05, 0.1) is 10.6 Å². The van der Waals surface area contributed by atoms with E-state index in [1.165, 1.54) is 10.9 Å². The Morgan fingerprint density at radius 2 is 1.93 bits per heavy atom. The summed E-state index contributed by atoms with van der Waals surface area (Å²) in [5.74, 6) is 0.466. The van der Waals surface area contributed by atoms with Gasteiger partial charge in [-0.2, -0.15) is 18.3 Å². The third-order valence-corrected chi connectivity index (χ3v) is 5.45. The molecule has 0 unspecified atom stereocenters. The van der Waals surface area contributed by atoms with Crippen molar-refractivity contribution >= 4 is 21.6 Å². The van der Waals surface area contributed by atoms with Crippen molar-refractivity contribution in [1.82, 2.24) is 19.5 Å². The van der Waals surface area contributed by atoms with Crippen molar-refractivity contribution in [3.63, 3.8) is 0 Å². The first kappa shape index (κ1) is 19.3. The van der Waals surface area contributed by atoms with Gasteiger partial charge in [0.2, 0.25) is 10.0 Å². The van der Waals surface area contributed by atoms with Crippen LogP contribution in [0.2, 0.25) is 5.02 Å². The van der Waals surface area contributed by atoms with Crippen LogP contribution in [0.25, 0.3) is 5.82 Å². The average Bonchev–Trinajstić information content (AvgIpc) is 3.14. The SMILES string of the molecule is O=S(=O)(NCc1ccnc(-n2cccn2)c1)c1cc(C(F)(F)F)ccc1Cl. The molecule has 27 heavy (non-hydrogen) atoms. The quantitative estimate of drug-likeness (QED) is 0.691. The fraction of sp³-hybridized carbons (Fsp3) is 0.125. The number of nitrogens with one attached hydrogen (secondary N) is 1. The van der Waals surface area contributed by atoms with Gasteiger partial charge in [-0.1, -0.05) is 11.6 Å². The summed E-state index contributed by atoms with van der Waals surface area (Å²) >= 11 is 5.80. The van der Waals surface area contributed by atoms with Gasteiger partial charge in [0.15, 0.2) is 5.82 Å². The Balaban J connectivity index is 1.83. The fourth-order valence-electron chi connectivity index (χ4n) is 2.24. The molecule has 2 aromatic heterocycles. The molecule has 0 atom stereocenters. The lowest BCUT2D eigenvalue weighted by atomic mass is 10.2. The third-order valence-electron chi connectivity index (χ3n) is 3.56. The first-order valence-electron chi connectivity index (χ1n) is 7.48. The van der Waals surface area contributed by atoms with Crippen molar-refractivity contribution in [3.05, 3.63) is 71.1 Å². The highest BCUT2D eigenvalue weighted by atomic mass is 35.5. The van der Waals surface area contributed by atoms with Gasteiger partial charge < -0.3 is 0 Å². The van der Waals surface area contributed by atoms with E-state index in [1.54, 1.807) is 30.6 Å². The molecule has 1 N–H and O–H groups in total. The van der Waals surface area contributed by atoms with Crippen LogP contribution in [0.4, 0.5) is 13.2 Å². The highest BCUT2D eigenvalue weighted by Gasteiger charge is 2.32. The van der Waals surface area contributed by atoms with Gasteiger partial charge in [-0.05, 0) is 42.0 Å². The maximum atomic E-state index is 12.8. The van der Waals surface area contributed by atoms with Crippen molar-refractivity contribution in [2.24, 2.45) is 0 Å². The summed E-state index contributed by atoms with van der Waals surface area (Å²) in [5, 5.41) is 3.72. The van der Waals surface area contributed by atoms with Gasteiger partial charge in [0.25, 0.3) is 0 Å². The van der Waals surface area contributed by atoms with Gasteiger partial charge >= 0.3 is 6.18 Å². The number of nitrogens with zero attached hydrogens (tertiary/aromatic N) is 3.